The van der Waals surface area contributed by atoms with Crippen molar-refractivity contribution in [1.82, 2.24) is 14.9 Å². The van der Waals surface area contributed by atoms with Crippen LogP contribution in [0.3, 0.4) is 0 Å². The monoisotopic (exact) mass is 408 g/mol. The van der Waals surface area contributed by atoms with Crippen LogP contribution in [0.4, 0.5) is 5.69 Å². The van der Waals surface area contributed by atoms with Crippen LogP contribution >= 0.6 is 0 Å². The second-order valence-corrected chi connectivity index (χ2v) is 8.06. The molecule has 2 aliphatic rings. The molecule has 2 aliphatic heterocycles. The average molecular weight is 409 g/mol. The van der Waals surface area contributed by atoms with Gasteiger partial charge in [-0.25, -0.2) is 5.01 Å². The molecule has 7 nitrogen and oxygen atoms in total. The lowest BCUT2D eigenvalue weighted by Gasteiger charge is -2.35. The number of hydrogen-bond donors (Lipinski definition) is 2. The van der Waals surface area contributed by atoms with E-state index in [1.807, 2.05) is 35.2 Å². The summed E-state index contributed by atoms with van der Waals surface area (Å²) < 4.78 is 2.36. The number of hydrogen-bond acceptors (Lipinski definition) is 3. The number of carbonyl (C=O) groups is 2. The summed E-state index contributed by atoms with van der Waals surface area (Å²) in [6, 6.07) is 13.7. The van der Waals surface area contributed by atoms with E-state index in [0.29, 0.717) is 5.70 Å². The van der Waals surface area contributed by atoms with Gasteiger partial charge in [-0.15, -0.1) is 0 Å². The van der Waals surface area contributed by atoms with Crippen LogP contribution in [-0.4, -0.2) is 54.0 Å². The zero-order valence-electron chi connectivity index (χ0n) is 17.7. The Morgan fingerprint density at radius 1 is 1.03 bits per heavy atom. The van der Waals surface area contributed by atoms with Crippen molar-refractivity contribution in [1.29, 1.82) is 0 Å². The van der Waals surface area contributed by atoms with Crippen LogP contribution in [0.2, 0.25) is 0 Å². The number of nitrogens with one attached hydrogen (secondary N) is 2. The van der Waals surface area contributed by atoms with Gasteiger partial charge >= 0.3 is 0 Å². The van der Waals surface area contributed by atoms with Crippen LogP contribution in [0, 0.1) is 13.8 Å². The maximum Gasteiger partial charge on any atom is 0.271 e. The summed E-state index contributed by atoms with van der Waals surface area (Å²) in [5.41, 5.74) is 6.85. The largest absolute Gasteiger partial charge is 0.344 e. The lowest BCUT2D eigenvalue weighted by Crippen LogP contribution is -3.15. The summed E-state index contributed by atoms with van der Waals surface area (Å²) in [7, 11) is 0. The molecule has 1 fully saturated rings. The van der Waals surface area contributed by atoms with Gasteiger partial charge in [-0.2, -0.15) is 0 Å². The van der Waals surface area contributed by atoms with Crippen molar-refractivity contribution < 1.29 is 14.5 Å². The van der Waals surface area contributed by atoms with Crippen LogP contribution in [-0.2, 0) is 16.1 Å². The molecule has 1 aromatic heterocycles. The van der Waals surface area contributed by atoms with Crippen LogP contribution < -0.4 is 15.3 Å². The summed E-state index contributed by atoms with van der Waals surface area (Å²) in [5.74, 6) is -0.0952. The maximum atomic E-state index is 13.0. The molecule has 0 aliphatic carbocycles. The molecule has 2 aromatic rings. The fourth-order valence-corrected chi connectivity index (χ4v) is 4.20. The Morgan fingerprint density at radius 2 is 1.70 bits per heavy atom. The third kappa shape index (κ3) is 4.26. The fourth-order valence-electron chi connectivity index (χ4n) is 4.20. The molecule has 1 aromatic carbocycles. The van der Waals surface area contributed by atoms with Crippen molar-refractivity contribution in [2.75, 3.05) is 37.7 Å². The number of nitrogens with zero attached hydrogens (tertiary/aromatic N) is 3. The minimum Gasteiger partial charge on any atom is -0.344 e. The minimum atomic E-state index is -0.0670. The number of amides is 2. The predicted molar refractivity (Wildman–Crippen MR) is 116 cm³/mol. The molecule has 2 amide bonds. The van der Waals surface area contributed by atoms with Crippen LogP contribution in [0.1, 0.15) is 17.8 Å². The third-order valence-electron chi connectivity index (χ3n) is 6.07. The zero-order chi connectivity index (χ0) is 21.1. The summed E-state index contributed by atoms with van der Waals surface area (Å²) in [6.07, 6.45) is 1.94. The number of benzene rings is 1. The molecule has 2 N–H and O–H groups in total. The molecule has 0 spiro atoms. The van der Waals surface area contributed by atoms with Gasteiger partial charge < -0.3 is 14.4 Å². The lowest BCUT2D eigenvalue weighted by molar-refractivity contribution is -0.904. The summed E-state index contributed by atoms with van der Waals surface area (Å²) in [4.78, 5) is 28.7. The molecule has 0 saturated carbocycles. The molecule has 158 valence electrons. The van der Waals surface area contributed by atoms with E-state index in [1.54, 1.807) is 6.08 Å². The first-order chi connectivity index (χ1) is 14.5. The number of quaternary nitrogens is 1. The molecule has 0 bridgehead atoms. The Hall–Kier alpha value is -3.06. The van der Waals surface area contributed by atoms with E-state index < -0.39 is 0 Å². The predicted octanol–water partition coefficient (Wildman–Crippen LogP) is 0.657. The lowest BCUT2D eigenvalue weighted by atomic mass is 10.2. The molecule has 3 heterocycles. The van der Waals surface area contributed by atoms with Crippen molar-refractivity contribution in [3.63, 3.8) is 0 Å². The number of anilines is 1. The normalized spacial score (nSPS) is 17.7. The van der Waals surface area contributed by atoms with Crippen LogP contribution in [0.25, 0.3) is 0 Å². The zero-order valence-corrected chi connectivity index (χ0v) is 17.7. The van der Waals surface area contributed by atoms with E-state index in [4.69, 9.17) is 0 Å². The first-order valence-electron chi connectivity index (χ1n) is 10.6. The number of hydrazine groups is 1. The number of rotatable bonds is 5. The summed E-state index contributed by atoms with van der Waals surface area (Å²) >= 11 is 0. The number of aromatic nitrogens is 1. The highest BCUT2D eigenvalue weighted by Crippen LogP contribution is 2.18. The van der Waals surface area contributed by atoms with Crippen molar-refractivity contribution in [3.05, 3.63) is 65.6 Å². The van der Waals surface area contributed by atoms with Gasteiger partial charge in [-0.1, -0.05) is 18.2 Å². The molecule has 4 rings (SSSR count). The van der Waals surface area contributed by atoms with Crippen molar-refractivity contribution in [2.45, 2.75) is 26.8 Å². The first kappa shape index (κ1) is 20.2. The number of aryl methyl sites for hydroxylation is 2. The smallest absolute Gasteiger partial charge is 0.271 e. The molecular weight excluding hydrogens is 378 g/mol. The molecular formula is C23H30N5O2+. The van der Waals surface area contributed by atoms with Crippen LogP contribution in [0.5, 0.6) is 0 Å². The molecule has 0 radical (unpaired) electrons. The topological polar surface area (TPSA) is 62.0 Å². The van der Waals surface area contributed by atoms with E-state index in [-0.39, 0.29) is 18.2 Å². The third-order valence-corrected chi connectivity index (χ3v) is 6.07. The van der Waals surface area contributed by atoms with E-state index in [2.05, 4.69) is 36.0 Å². The SMILES string of the molecule is Cc1ccc(C)n1CC[NH+]1CCN(C(=O)C2=CCC(=O)N(c3ccccc3)N2)CC1. The van der Waals surface area contributed by atoms with E-state index in [9.17, 15) is 9.59 Å². The van der Waals surface area contributed by atoms with Crippen molar-refractivity contribution >= 4 is 17.5 Å². The molecule has 7 heteroatoms. The Kier molecular flexibility index (Phi) is 5.90. The van der Waals surface area contributed by atoms with Gasteiger partial charge in [0, 0.05) is 17.8 Å². The molecule has 0 unspecified atom stereocenters. The summed E-state index contributed by atoms with van der Waals surface area (Å²) in [6.45, 7) is 9.72. The van der Waals surface area contributed by atoms with Gasteiger partial charge in [0.05, 0.1) is 45.0 Å². The Labute approximate surface area is 177 Å². The molecule has 30 heavy (non-hydrogen) atoms. The quantitative estimate of drug-likeness (QED) is 0.764. The van der Waals surface area contributed by atoms with Crippen molar-refractivity contribution in [2.24, 2.45) is 0 Å². The van der Waals surface area contributed by atoms with E-state index >= 15 is 0 Å². The molecule has 0 atom stereocenters. The van der Waals surface area contributed by atoms with Crippen LogP contribution in [0.15, 0.2) is 54.2 Å². The highest BCUT2D eigenvalue weighted by atomic mass is 16.2. The maximum absolute atomic E-state index is 13.0. The summed E-state index contributed by atoms with van der Waals surface area (Å²) in [5, 5.41) is 1.47. The van der Waals surface area contributed by atoms with Gasteiger partial charge in [0.2, 0.25) is 5.91 Å². The Balaban J connectivity index is 1.31. The second-order valence-electron chi connectivity index (χ2n) is 8.06. The highest BCUT2D eigenvalue weighted by Gasteiger charge is 2.30. The average Bonchev–Trinajstić information content (AvgIpc) is 3.10. The van der Waals surface area contributed by atoms with E-state index in [1.165, 1.54) is 21.3 Å². The number of carbonyl (C=O) groups excluding carboxylic acids is 2. The van der Waals surface area contributed by atoms with Gasteiger partial charge in [-0.3, -0.25) is 15.0 Å². The van der Waals surface area contributed by atoms with Gasteiger partial charge in [0.1, 0.15) is 5.70 Å². The van der Waals surface area contributed by atoms with E-state index in [0.717, 1.165) is 45.0 Å². The Bertz CT molecular complexity index is 922. The van der Waals surface area contributed by atoms with Gasteiger partial charge in [0.15, 0.2) is 0 Å². The first-order valence-corrected chi connectivity index (χ1v) is 10.6. The number of piperazine rings is 1. The Morgan fingerprint density at radius 3 is 2.37 bits per heavy atom. The van der Waals surface area contributed by atoms with Gasteiger partial charge in [0.25, 0.3) is 5.91 Å². The fraction of sp³-hybridized carbons (Fsp3) is 0.391. The molecule has 1 saturated heterocycles. The standard InChI is InChI=1S/C23H29N5O2/c1-18-8-9-19(2)27(18)17-14-25-12-15-26(16-13-25)23(30)21-10-11-22(29)28(24-21)20-6-4-3-5-7-20/h3-10,24H,11-17H2,1-2H3/p+1. The van der Waals surface area contributed by atoms with Gasteiger partial charge in [-0.05, 0) is 44.2 Å². The second kappa shape index (κ2) is 8.75. The highest BCUT2D eigenvalue weighted by molar-refractivity contribution is 6.01. The minimum absolute atomic E-state index is 0.0282. The number of para-hydroxylation sites is 1. The van der Waals surface area contributed by atoms with Crippen molar-refractivity contribution in [3.8, 4) is 0 Å².